The summed E-state index contributed by atoms with van der Waals surface area (Å²) in [5.74, 6) is 1.10. The predicted octanol–water partition coefficient (Wildman–Crippen LogP) is 1.10. The summed E-state index contributed by atoms with van der Waals surface area (Å²) in [6.45, 7) is 9.88. The van der Waals surface area contributed by atoms with Gasteiger partial charge in [0.2, 0.25) is 0 Å². The van der Waals surface area contributed by atoms with Crippen molar-refractivity contribution < 1.29 is 0 Å². The second-order valence-electron chi connectivity index (χ2n) is 4.99. The minimum atomic E-state index is 0.865. The summed E-state index contributed by atoms with van der Waals surface area (Å²) in [6, 6.07) is 0. The number of anilines is 2. The van der Waals surface area contributed by atoms with Crippen molar-refractivity contribution >= 4 is 11.5 Å². The van der Waals surface area contributed by atoms with Crippen molar-refractivity contribution in [2.24, 2.45) is 7.05 Å². The van der Waals surface area contributed by atoms with Crippen LogP contribution >= 0.6 is 0 Å². The zero-order chi connectivity index (χ0) is 13.1. The van der Waals surface area contributed by atoms with Crippen LogP contribution < -0.4 is 10.6 Å². The Morgan fingerprint density at radius 3 is 2.33 bits per heavy atom. The molecule has 0 aromatic carbocycles. The summed E-state index contributed by atoms with van der Waals surface area (Å²) in [6.07, 6.45) is 2.13. The summed E-state index contributed by atoms with van der Waals surface area (Å²) in [5.41, 5.74) is 8.08. The normalized spacial score (nSPS) is 17.4. The zero-order valence-corrected chi connectivity index (χ0v) is 11.8. The second kappa shape index (κ2) is 5.61. The highest BCUT2D eigenvalue weighted by molar-refractivity contribution is 5.66. The Morgan fingerprint density at radius 1 is 1.17 bits per heavy atom. The van der Waals surface area contributed by atoms with Gasteiger partial charge in [-0.3, -0.25) is 9.58 Å². The van der Waals surface area contributed by atoms with Crippen LogP contribution in [-0.4, -0.2) is 47.4 Å². The Bertz CT molecular complexity index is 390. The molecule has 1 aromatic rings. The van der Waals surface area contributed by atoms with Gasteiger partial charge < -0.3 is 10.6 Å². The van der Waals surface area contributed by atoms with Crippen molar-refractivity contribution in [3.8, 4) is 0 Å². The number of piperazine rings is 1. The highest BCUT2D eigenvalue weighted by Gasteiger charge is 2.22. The third-order valence-electron chi connectivity index (χ3n) is 3.68. The topological polar surface area (TPSA) is 50.3 Å². The number of nitrogen functional groups attached to an aromatic ring is 1. The van der Waals surface area contributed by atoms with E-state index in [1.165, 1.54) is 13.0 Å². The largest absolute Gasteiger partial charge is 0.394 e. The summed E-state index contributed by atoms with van der Waals surface area (Å²) >= 11 is 0. The molecule has 5 nitrogen and oxygen atoms in total. The first-order valence-electron chi connectivity index (χ1n) is 6.96. The van der Waals surface area contributed by atoms with Crippen molar-refractivity contribution in [3.63, 3.8) is 0 Å². The van der Waals surface area contributed by atoms with E-state index in [1.807, 2.05) is 11.7 Å². The van der Waals surface area contributed by atoms with Gasteiger partial charge in [0.05, 0.1) is 11.4 Å². The van der Waals surface area contributed by atoms with Crippen molar-refractivity contribution in [1.82, 2.24) is 14.7 Å². The predicted molar refractivity (Wildman–Crippen MR) is 75.9 cm³/mol. The van der Waals surface area contributed by atoms with Crippen LogP contribution in [0.5, 0.6) is 0 Å². The lowest BCUT2D eigenvalue weighted by Gasteiger charge is -2.35. The summed E-state index contributed by atoms with van der Waals surface area (Å²) in [4.78, 5) is 4.89. The first kappa shape index (κ1) is 13.2. The highest BCUT2D eigenvalue weighted by atomic mass is 15.4. The fourth-order valence-corrected chi connectivity index (χ4v) is 2.72. The molecule has 1 aromatic heterocycles. The standard InChI is InChI=1S/C13H25N5/c1-4-6-17-7-9-18(10-8-17)13-12(14)11(5-2)15-16(13)3/h4-10,14H2,1-3H3. The number of hydrogen-bond acceptors (Lipinski definition) is 4. The molecule has 1 aliphatic rings. The molecule has 1 aliphatic heterocycles. The van der Waals surface area contributed by atoms with Crippen LogP contribution in [0.4, 0.5) is 11.5 Å². The second-order valence-corrected chi connectivity index (χ2v) is 4.99. The van der Waals surface area contributed by atoms with Crippen molar-refractivity contribution in [1.29, 1.82) is 0 Å². The third kappa shape index (κ3) is 2.46. The van der Waals surface area contributed by atoms with E-state index in [0.29, 0.717) is 0 Å². The zero-order valence-electron chi connectivity index (χ0n) is 11.8. The van der Waals surface area contributed by atoms with Gasteiger partial charge in [-0.25, -0.2) is 0 Å². The van der Waals surface area contributed by atoms with E-state index in [4.69, 9.17) is 5.73 Å². The number of rotatable bonds is 4. The summed E-state index contributed by atoms with van der Waals surface area (Å²) < 4.78 is 1.93. The van der Waals surface area contributed by atoms with Gasteiger partial charge in [-0.15, -0.1) is 0 Å². The van der Waals surface area contributed by atoms with E-state index < -0.39 is 0 Å². The molecule has 0 bridgehead atoms. The first-order valence-corrected chi connectivity index (χ1v) is 6.96. The van der Waals surface area contributed by atoms with Gasteiger partial charge >= 0.3 is 0 Å². The lowest BCUT2D eigenvalue weighted by atomic mass is 10.2. The molecule has 0 saturated carbocycles. The van der Waals surface area contributed by atoms with Gasteiger partial charge in [-0.05, 0) is 19.4 Å². The number of aryl methyl sites for hydroxylation is 2. The Labute approximate surface area is 110 Å². The Hall–Kier alpha value is -1.23. The minimum absolute atomic E-state index is 0.865. The molecule has 0 aliphatic carbocycles. The molecule has 2 N–H and O–H groups in total. The van der Waals surface area contributed by atoms with Gasteiger partial charge in [0, 0.05) is 33.2 Å². The molecule has 5 heteroatoms. The first-order chi connectivity index (χ1) is 8.67. The fraction of sp³-hybridized carbons (Fsp3) is 0.769. The average Bonchev–Trinajstić information content (AvgIpc) is 2.66. The number of aromatic nitrogens is 2. The van der Waals surface area contributed by atoms with Crippen LogP contribution in [0.25, 0.3) is 0 Å². The molecule has 1 saturated heterocycles. The van der Waals surface area contributed by atoms with Crippen molar-refractivity contribution in [2.45, 2.75) is 26.7 Å². The van der Waals surface area contributed by atoms with Crippen LogP contribution in [0.3, 0.4) is 0 Å². The average molecular weight is 251 g/mol. The molecule has 102 valence electrons. The number of hydrogen-bond donors (Lipinski definition) is 1. The quantitative estimate of drug-likeness (QED) is 0.870. The van der Waals surface area contributed by atoms with Crippen LogP contribution in [0.2, 0.25) is 0 Å². The summed E-state index contributed by atoms with van der Waals surface area (Å²) in [7, 11) is 1.99. The van der Waals surface area contributed by atoms with Gasteiger partial charge in [0.1, 0.15) is 5.82 Å². The van der Waals surface area contributed by atoms with Gasteiger partial charge in [0.25, 0.3) is 0 Å². The molecule has 0 atom stereocenters. The van der Waals surface area contributed by atoms with Gasteiger partial charge in [-0.1, -0.05) is 13.8 Å². The van der Waals surface area contributed by atoms with Gasteiger partial charge in [0.15, 0.2) is 0 Å². The molecule has 2 heterocycles. The molecule has 0 unspecified atom stereocenters. The monoisotopic (exact) mass is 251 g/mol. The molecule has 18 heavy (non-hydrogen) atoms. The summed E-state index contributed by atoms with van der Waals surface area (Å²) in [5, 5.41) is 4.50. The van der Waals surface area contributed by atoms with E-state index in [0.717, 1.165) is 49.8 Å². The van der Waals surface area contributed by atoms with Crippen LogP contribution in [-0.2, 0) is 13.5 Å². The lowest BCUT2D eigenvalue weighted by Crippen LogP contribution is -2.47. The van der Waals surface area contributed by atoms with Crippen molar-refractivity contribution in [3.05, 3.63) is 5.69 Å². The minimum Gasteiger partial charge on any atom is -0.394 e. The molecule has 2 rings (SSSR count). The Morgan fingerprint density at radius 2 is 1.83 bits per heavy atom. The Kier molecular flexibility index (Phi) is 4.11. The molecular formula is C13H25N5. The van der Waals surface area contributed by atoms with Crippen LogP contribution in [0, 0.1) is 0 Å². The van der Waals surface area contributed by atoms with Crippen LogP contribution in [0.1, 0.15) is 26.0 Å². The maximum absolute atomic E-state index is 6.20. The van der Waals surface area contributed by atoms with E-state index in [-0.39, 0.29) is 0 Å². The van der Waals surface area contributed by atoms with E-state index >= 15 is 0 Å². The van der Waals surface area contributed by atoms with E-state index in [9.17, 15) is 0 Å². The lowest BCUT2D eigenvalue weighted by molar-refractivity contribution is 0.257. The van der Waals surface area contributed by atoms with E-state index in [1.54, 1.807) is 0 Å². The van der Waals surface area contributed by atoms with Crippen LogP contribution in [0.15, 0.2) is 0 Å². The molecule has 1 fully saturated rings. The van der Waals surface area contributed by atoms with Crippen molar-refractivity contribution in [2.75, 3.05) is 43.4 Å². The third-order valence-corrected chi connectivity index (χ3v) is 3.68. The SMILES string of the molecule is CCCN1CCN(c2c(N)c(CC)nn2C)CC1. The Balaban J connectivity index is 2.07. The number of nitrogens with zero attached hydrogens (tertiary/aromatic N) is 4. The maximum Gasteiger partial charge on any atom is 0.150 e. The smallest absolute Gasteiger partial charge is 0.150 e. The highest BCUT2D eigenvalue weighted by Crippen LogP contribution is 2.27. The molecule has 0 amide bonds. The van der Waals surface area contributed by atoms with E-state index in [2.05, 4.69) is 28.7 Å². The fourth-order valence-electron chi connectivity index (χ4n) is 2.72. The number of nitrogens with two attached hydrogens (primary N) is 1. The molecular weight excluding hydrogens is 226 g/mol. The molecule has 0 radical (unpaired) electrons. The maximum atomic E-state index is 6.20. The van der Waals surface area contributed by atoms with Gasteiger partial charge in [-0.2, -0.15) is 5.10 Å². The molecule has 0 spiro atoms.